The zero-order chi connectivity index (χ0) is 20.7. The third-order valence-corrected chi connectivity index (χ3v) is 5.61. The van der Waals surface area contributed by atoms with Crippen LogP contribution in [0.1, 0.15) is 30.4 Å². The molecule has 7 heteroatoms. The van der Waals surface area contributed by atoms with Gasteiger partial charge in [0.15, 0.2) is 0 Å². The fraction of sp³-hybridized carbons (Fsp3) is 0.318. The fourth-order valence-corrected chi connectivity index (χ4v) is 3.92. The number of hydrogen-bond donors (Lipinski definition) is 1. The van der Waals surface area contributed by atoms with Crippen molar-refractivity contribution in [2.75, 3.05) is 12.4 Å². The highest BCUT2D eigenvalue weighted by Crippen LogP contribution is 2.33. The Hall–Kier alpha value is -2.25. The summed E-state index contributed by atoms with van der Waals surface area (Å²) in [4.78, 5) is 5.03. The van der Waals surface area contributed by atoms with Crippen LogP contribution in [0.15, 0.2) is 59.6 Å². The highest BCUT2D eigenvalue weighted by molar-refractivity contribution is 7.99. The van der Waals surface area contributed by atoms with Crippen LogP contribution in [0.4, 0.5) is 13.2 Å². The lowest BCUT2D eigenvalue weighted by atomic mass is 10.1. The molecule has 3 rings (SSSR count). The second-order valence-corrected chi connectivity index (χ2v) is 7.74. The Morgan fingerprint density at radius 3 is 2.48 bits per heavy atom. The predicted molar refractivity (Wildman–Crippen MR) is 109 cm³/mol. The summed E-state index contributed by atoms with van der Waals surface area (Å²) in [5, 5.41) is 9.77. The van der Waals surface area contributed by atoms with Crippen molar-refractivity contribution in [1.82, 2.24) is 4.98 Å². The van der Waals surface area contributed by atoms with Crippen molar-refractivity contribution in [1.29, 1.82) is 0 Å². The molecule has 3 nitrogen and oxygen atoms in total. The summed E-state index contributed by atoms with van der Waals surface area (Å²) in [5.74, 6) is 1.67. The average molecular weight is 421 g/mol. The van der Waals surface area contributed by atoms with E-state index in [0.717, 1.165) is 58.7 Å². The molecule has 1 heterocycles. The zero-order valence-corrected chi connectivity index (χ0v) is 16.6. The van der Waals surface area contributed by atoms with Gasteiger partial charge in [0, 0.05) is 16.5 Å². The van der Waals surface area contributed by atoms with Crippen molar-refractivity contribution < 1.29 is 23.0 Å². The molecule has 3 aromatic rings. The number of hydrogen-bond acceptors (Lipinski definition) is 4. The van der Waals surface area contributed by atoms with Crippen LogP contribution >= 0.6 is 11.8 Å². The van der Waals surface area contributed by atoms with Crippen LogP contribution in [0, 0.1) is 0 Å². The van der Waals surface area contributed by atoms with Gasteiger partial charge in [-0.2, -0.15) is 13.2 Å². The van der Waals surface area contributed by atoms with Crippen molar-refractivity contribution in [2.45, 2.75) is 36.9 Å². The standard InChI is InChI=1S/C22H22F3NO2S/c23-22(24,25)17-6-9-19-20(14-17)26-11-10-21(19)29-13-3-1-2-12-28-18-7-4-16(15-27)5-8-18/h4-11,14,27H,1-3,12-13,15H2. The van der Waals surface area contributed by atoms with Crippen LogP contribution in [0.5, 0.6) is 5.75 Å². The predicted octanol–water partition coefficient (Wildman–Crippen LogP) is 6.09. The van der Waals surface area contributed by atoms with Gasteiger partial charge in [0.25, 0.3) is 0 Å². The smallest absolute Gasteiger partial charge is 0.416 e. The molecular weight excluding hydrogens is 399 g/mol. The lowest BCUT2D eigenvalue weighted by Gasteiger charge is -2.10. The first-order valence-electron chi connectivity index (χ1n) is 9.39. The maximum atomic E-state index is 12.9. The van der Waals surface area contributed by atoms with Gasteiger partial charge in [0.2, 0.25) is 0 Å². The molecule has 0 aliphatic carbocycles. The van der Waals surface area contributed by atoms with E-state index in [1.807, 2.05) is 30.3 Å². The molecular formula is C22H22F3NO2S. The van der Waals surface area contributed by atoms with Gasteiger partial charge < -0.3 is 9.84 Å². The Morgan fingerprint density at radius 1 is 0.966 bits per heavy atom. The first-order valence-corrected chi connectivity index (χ1v) is 10.4. The molecule has 29 heavy (non-hydrogen) atoms. The number of pyridine rings is 1. The molecule has 154 valence electrons. The number of nitrogens with zero attached hydrogens (tertiary/aromatic N) is 1. The molecule has 0 unspecified atom stereocenters. The number of aliphatic hydroxyl groups is 1. The van der Waals surface area contributed by atoms with Crippen molar-refractivity contribution in [3.63, 3.8) is 0 Å². The molecule has 2 aromatic carbocycles. The number of halogens is 3. The van der Waals surface area contributed by atoms with E-state index in [-0.39, 0.29) is 6.61 Å². The van der Waals surface area contributed by atoms with Crippen LogP contribution in [-0.4, -0.2) is 22.5 Å². The van der Waals surface area contributed by atoms with Crippen molar-refractivity contribution in [2.24, 2.45) is 0 Å². The maximum Gasteiger partial charge on any atom is 0.416 e. The minimum atomic E-state index is -4.36. The second-order valence-electron chi connectivity index (χ2n) is 6.60. The summed E-state index contributed by atoms with van der Waals surface area (Å²) in [6.07, 6.45) is 0.113. The quantitative estimate of drug-likeness (QED) is 0.335. The summed E-state index contributed by atoms with van der Waals surface area (Å²) >= 11 is 1.64. The maximum absolute atomic E-state index is 12.9. The molecule has 0 spiro atoms. The molecule has 0 atom stereocenters. The van der Waals surface area contributed by atoms with E-state index in [9.17, 15) is 13.2 Å². The van der Waals surface area contributed by atoms with Gasteiger partial charge in [-0.1, -0.05) is 18.2 Å². The van der Waals surface area contributed by atoms with Gasteiger partial charge in [-0.15, -0.1) is 11.8 Å². The first-order chi connectivity index (χ1) is 14.0. The molecule has 0 aliphatic rings. The van der Waals surface area contributed by atoms with E-state index < -0.39 is 11.7 Å². The summed E-state index contributed by atoms with van der Waals surface area (Å²) in [5.41, 5.74) is 0.545. The van der Waals surface area contributed by atoms with E-state index in [2.05, 4.69) is 4.98 Å². The Labute approximate surface area is 171 Å². The molecule has 0 amide bonds. The van der Waals surface area contributed by atoms with E-state index >= 15 is 0 Å². The Bertz CT molecular complexity index is 929. The van der Waals surface area contributed by atoms with E-state index in [1.165, 1.54) is 6.07 Å². The minimum Gasteiger partial charge on any atom is -0.494 e. The van der Waals surface area contributed by atoms with Crippen molar-refractivity contribution in [3.05, 3.63) is 65.9 Å². The number of ether oxygens (including phenoxy) is 1. The number of benzene rings is 2. The summed E-state index contributed by atoms with van der Waals surface area (Å²) in [6, 6.07) is 12.9. The van der Waals surface area contributed by atoms with Crippen LogP contribution in [-0.2, 0) is 12.8 Å². The van der Waals surface area contributed by atoms with E-state index in [4.69, 9.17) is 9.84 Å². The Kier molecular flexibility index (Phi) is 7.39. The molecule has 0 aliphatic heterocycles. The highest BCUT2D eigenvalue weighted by atomic mass is 32.2. The van der Waals surface area contributed by atoms with E-state index in [0.29, 0.717) is 12.1 Å². The van der Waals surface area contributed by atoms with Crippen LogP contribution in [0.3, 0.4) is 0 Å². The van der Waals surface area contributed by atoms with Crippen molar-refractivity contribution >= 4 is 22.7 Å². The second kappa shape index (κ2) is 9.98. The SMILES string of the molecule is OCc1ccc(OCCCCCSc2ccnc3cc(C(F)(F)F)ccc23)cc1. The topological polar surface area (TPSA) is 42.4 Å². The van der Waals surface area contributed by atoms with Crippen LogP contribution < -0.4 is 4.74 Å². The minimum absolute atomic E-state index is 0.0220. The summed E-state index contributed by atoms with van der Waals surface area (Å²) < 4.78 is 44.2. The molecule has 0 radical (unpaired) electrons. The largest absolute Gasteiger partial charge is 0.494 e. The van der Waals surface area contributed by atoms with Crippen LogP contribution in [0.25, 0.3) is 10.9 Å². The molecule has 0 saturated carbocycles. The van der Waals surface area contributed by atoms with Gasteiger partial charge in [-0.3, -0.25) is 4.98 Å². The third-order valence-electron chi connectivity index (χ3n) is 4.45. The van der Waals surface area contributed by atoms with Gasteiger partial charge in [-0.25, -0.2) is 0 Å². The Morgan fingerprint density at radius 2 is 1.76 bits per heavy atom. The molecule has 1 aromatic heterocycles. The lowest BCUT2D eigenvalue weighted by molar-refractivity contribution is -0.137. The number of rotatable bonds is 9. The summed E-state index contributed by atoms with van der Waals surface area (Å²) in [6.45, 7) is 0.649. The third kappa shape index (κ3) is 6.11. The number of thioether (sulfide) groups is 1. The molecule has 0 saturated heterocycles. The zero-order valence-electron chi connectivity index (χ0n) is 15.8. The molecule has 0 fully saturated rings. The number of aromatic nitrogens is 1. The van der Waals surface area contributed by atoms with Gasteiger partial charge >= 0.3 is 6.18 Å². The number of unbranched alkanes of at least 4 members (excludes halogenated alkanes) is 2. The van der Waals surface area contributed by atoms with E-state index in [1.54, 1.807) is 18.0 Å². The normalized spacial score (nSPS) is 11.7. The van der Waals surface area contributed by atoms with Gasteiger partial charge in [0.1, 0.15) is 5.75 Å². The number of fused-ring (bicyclic) bond motifs is 1. The molecule has 0 bridgehead atoms. The average Bonchev–Trinajstić information content (AvgIpc) is 2.72. The monoisotopic (exact) mass is 421 g/mol. The number of aliphatic hydroxyl groups excluding tert-OH is 1. The molecule has 1 N–H and O–H groups in total. The summed E-state index contributed by atoms with van der Waals surface area (Å²) in [7, 11) is 0. The lowest BCUT2D eigenvalue weighted by Crippen LogP contribution is -2.04. The number of alkyl halides is 3. The van der Waals surface area contributed by atoms with Crippen LogP contribution in [0.2, 0.25) is 0 Å². The van der Waals surface area contributed by atoms with Gasteiger partial charge in [0.05, 0.1) is 24.3 Å². The highest BCUT2D eigenvalue weighted by Gasteiger charge is 2.30. The van der Waals surface area contributed by atoms with Gasteiger partial charge in [-0.05, 0) is 60.9 Å². The Balaban J connectivity index is 1.42. The van der Waals surface area contributed by atoms with Crippen molar-refractivity contribution in [3.8, 4) is 5.75 Å². The first kappa shape index (κ1) is 21.5. The fourth-order valence-electron chi connectivity index (χ4n) is 2.87.